The zero-order valence-electron chi connectivity index (χ0n) is 12.0. The fourth-order valence-corrected chi connectivity index (χ4v) is 3.72. The lowest BCUT2D eigenvalue weighted by molar-refractivity contribution is -0.120. The number of benzene rings is 2. The van der Waals surface area contributed by atoms with Crippen molar-refractivity contribution < 1.29 is 9.59 Å². The first-order valence-electron chi connectivity index (χ1n) is 7.47. The lowest BCUT2D eigenvalue weighted by Gasteiger charge is -2.28. The summed E-state index contributed by atoms with van der Waals surface area (Å²) in [7, 11) is 0. The minimum absolute atomic E-state index is 0.0358. The molecule has 0 aromatic heterocycles. The Morgan fingerprint density at radius 1 is 0.857 bits per heavy atom. The van der Waals surface area contributed by atoms with Crippen molar-refractivity contribution in [2.24, 2.45) is 0 Å². The molecule has 2 nitrogen and oxygen atoms in total. The second kappa shape index (κ2) is 4.39. The van der Waals surface area contributed by atoms with Gasteiger partial charge in [0.1, 0.15) is 5.78 Å². The standard InChI is InChI=1S/C19H16O2/c1-11-12-6-7-15-13-4-2-3-5-16(13)19(21)10-17(15)14(12)8-9-18(11)20/h2-7,11H,8-10H2,1H3. The van der Waals surface area contributed by atoms with Crippen LogP contribution >= 0.6 is 0 Å². The summed E-state index contributed by atoms with van der Waals surface area (Å²) < 4.78 is 0. The molecule has 0 aliphatic heterocycles. The van der Waals surface area contributed by atoms with Gasteiger partial charge in [-0.25, -0.2) is 0 Å². The quantitative estimate of drug-likeness (QED) is 0.735. The Hall–Kier alpha value is -2.22. The van der Waals surface area contributed by atoms with Gasteiger partial charge in [-0.1, -0.05) is 43.3 Å². The van der Waals surface area contributed by atoms with Crippen LogP contribution in [0.2, 0.25) is 0 Å². The van der Waals surface area contributed by atoms with Crippen molar-refractivity contribution in [3.05, 3.63) is 58.7 Å². The van der Waals surface area contributed by atoms with Gasteiger partial charge in [0.15, 0.2) is 5.78 Å². The molecule has 0 heterocycles. The molecule has 1 atom stereocenters. The number of hydrogen-bond donors (Lipinski definition) is 0. The molecule has 0 amide bonds. The Balaban J connectivity index is 1.98. The maximum absolute atomic E-state index is 12.4. The maximum atomic E-state index is 12.4. The lowest BCUT2D eigenvalue weighted by Crippen LogP contribution is -2.22. The Bertz CT molecular complexity index is 786. The first-order chi connectivity index (χ1) is 10.2. The molecule has 2 aliphatic carbocycles. The Labute approximate surface area is 123 Å². The number of Topliss-reactive ketones (excluding diaryl/α,β-unsaturated/α-hetero) is 2. The number of carbonyl (C=O) groups is 2. The van der Waals surface area contributed by atoms with E-state index in [9.17, 15) is 9.59 Å². The van der Waals surface area contributed by atoms with Gasteiger partial charge in [-0.3, -0.25) is 9.59 Å². The summed E-state index contributed by atoms with van der Waals surface area (Å²) in [6.07, 6.45) is 1.84. The first kappa shape index (κ1) is 12.5. The average molecular weight is 276 g/mol. The van der Waals surface area contributed by atoms with Gasteiger partial charge < -0.3 is 0 Å². The van der Waals surface area contributed by atoms with Gasteiger partial charge in [-0.05, 0) is 34.2 Å². The molecule has 0 saturated heterocycles. The summed E-state index contributed by atoms with van der Waals surface area (Å²) in [5.41, 5.74) is 6.54. The molecule has 2 aliphatic rings. The molecule has 4 rings (SSSR count). The van der Waals surface area contributed by atoms with E-state index in [0.717, 1.165) is 28.7 Å². The molecule has 0 saturated carbocycles. The van der Waals surface area contributed by atoms with Crippen molar-refractivity contribution >= 4 is 11.6 Å². The molecule has 2 aromatic rings. The third-order valence-electron chi connectivity index (χ3n) is 4.89. The van der Waals surface area contributed by atoms with Crippen LogP contribution in [0.1, 0.15) is 46.3 Å². The second-order valence-electron chi connectivity index (χ2n) is 5.99. The van der Waals surface area contributed by atoms with Crippen LogP contribution in [0.4, 0.5) is 0 Å². The van der Waals surface area contributed by atoms with Crippen LogP contribution in [0.3, 0.4) is 0 Å². The number of fused-ring (bicyclic) bond motifs is 5. The van der Waals surface area contributed by atoms with Gasteiger partial charge in [-0.15, -0.1) is 0 Å². The average Bonchev–Trinajstić information content (AvgIpc) is 2.51. The highest BCUT2D eigenvalue weighted by atomic mass is 16.1. The predicted octanol–water partition coefficient (Wildman–Crippen LogP) is 3.71. The predicted molar refractivity (Wildman–Crippen MR) is 81.7 cm³/mol. The van der Waals surface area contributed by atoms with Crippen molar-refractivity contribution in [3.8, 4) is 11.1 Å². The van der Waals surface area contributed by atoms with Crippen molar-refractivity contribution in [1.29, 1.82) is 0 Å². The van der Waals surface area contributed by atoms with Crippen molar-refractivity contribution in [1.82, 2.24) is 0 Å². The molecule has 104 valence electrons. The Kier molecular flexibility index (Phi) is 2.61. The van der Waals surface area contributed by atoms with Gasteiger partial charge >= 0.3 is 0 Å². The maximum Gasteiger partial charge on any atom is 0.167 e. The number of hydrogen-bond acceptors (Lipinski definition) is 2. The highest BCUT2D eigenvalue weighted by Gasteiger charge is 2.30. The third kappa shape index (κ3) is 1.72. The molecular weight excluding hydrogens is 260 g/mol. The first-order valence-corrected chi connectivity index (χ1v) is 7.47. The van der Waals surface area contributed by atoms with Crippen molar-refractivity contribution in [2.45, 2.75) is 32.1 Å². The summed E-state index contributed by atoms with van der Waals surface area (Å²) in [6.45, 7) is 1.98. The second-order valence-corrected chi connectivity index (χ2v) is 5.99. The van der Waals surface area contributed by atoms with Crippen LogP contribution < -0.4 is 0 Å². The molecule has 0 N–H and O–H groups in total. The third-order valence-corrected chi connectivity index (χ3v) is 4.89. The normalized spacial score (nSPS) is 19.8. The molecular formula is C19H16O2. The van der Waals surface area contributed by atoms with E-state index in [2.05, 4.69) is 12.1 Å². The van der Waals surface area contributed by atoms with E-state index in [0.29, 0.717) is 18.6 Å². The largest absolute Gasteiger partial charge is 0.299 e. The van der Waals surface area contributed by atoms with Gasteiger partial charge in [0.25, 0.3) is 0 Å². The summed E-state index contributed by atoms with van der Waals surface area (Å²) >= 11 is 0. The van der Waals surface area contributed by atoms with Crippen LogP contribution in [-0.2, 0) is 17.6 Å². The van der Waals surface area contributed by atoms with E-state index in [1.807, 2.05) is 31.2 Å². The molecule has 0 radical (unpaired) electrons. The van der Waals surface area contributed by atoms with Gasteiger partial charge in [0, 0.05) is 24.3 Å². The zero-order valence-corrected chi connectivity index (χ0v) is 12.0. The van der Waals surface area contributed by atoms with Crippen LogP contribution in [0.5, 0.6) is 0 Å². The van der Waals surface area contributed by atoms with Crippen LogP contribution in [0.15, 0.2) is 36.4 Å². The fourth-order valence-electron chi connectivity index (χ4n) is 3.72. The minimum Gasteiger partial charge on any atom is -0.299 e. The van der Waals surface area contributed by atoms with Gasteiger partial charge in [0.05, 0.1) is 0 Å². The summed E-state index contributed by atoms with van der Waals surface area (Å²) in [4.78, 5) is 24.3. The number of rotatable bonds is 0. The van der Waals surface area contributed by atoms with E-state index in [4.69, 9.17) is 0 Å². The van der Waals surface area contributed by atoms with Crippen LogP contribution in [0, 0.1) is 0 Å². The van der Waals surface area contributed by atoms with Crippen molar-refractivity contribution in [2.75, 3.05) is 0 Å². The van der Waals surface area contributed by atoms with E-state index < -0.39 is 0 Å². The van der Waals surface area contributed by atoms with Crippen molar-refractivity contribution in [3.63, 3.8) is 0 Å². The molecule has 2 heteroatoms. The number of carbonyl (C=O) groups excluding carboxylic acids is 2. The topological polar surface area (TPSA) is 34.1 Å². The van der Waals surface area contributed by atoms with E-state index in [1.54, 1.807) is 0 Å². The smallest absolute Gasteiger partial charge is 0.167 e. The highest BCUT2D eigenvalue weighted by Crippen LogP contribution is 2.40. The lowest BCUT2D eigenvalue weighted by atomic mass is 9.75. The molecule has 21 heavy (non-hydrogen) atoms. The Morgan fingerprint density at radius 2 is 1.62 bits per heavy atom. The SMILES string of the molecule is CC1C(=O)CCc2c1ccc1c2CC(=O)c2ccccc2-1. The number of ketones is 2. The zero-order chi connectivity index (χ0) is 14.6. The molecule has 0 bridgehead atoms. The van der Waals surface area contributed by atoms with Gasteiger partial charge in [-0.2, -0.15) is 0 Å². The Morgan fingerprint density at radius 3 is 2.43 bits per heavy atom. The highest BCUT2D eigenvalue weighted by molar-refractivity contribution is 6.08. The molecule has 0 fully saturated rings. The molecule has 2 aromatic carbocycles. The monoisotopic (exact) mass is 276 g/mol. The summed E-state index contributed by atoms with van der Waals surface area (Å²) in [5.74, 6) is 0.465. The molecule has 1 unspecified atom stereocenters. The van der Waals surface area contributed by atoms with E-state index >= 15 is 0 Å². The minimum atomic E-state index is -0.0358. The van der Waals surface area contributed by atoms with Gasteiger partial charge in [0.2, 0.25) is 0 Å². The summed E-state index contributed by atoms with van der Waals surface area (Å²) in [5, 5.41) is 0. The fraction of sp³-hybridized carbons (Fsp3) is 0.263. The van der Waals surface area contributed by atoms with Crippen LogP contribution in [-0.4, -0.2) is 11.6 Å². The van der Waals surface area contributed by atoms with Crippen LogP contribution in [0.25, 0.3) is 11.1 Å². The molecule has 0 spiro atoms. The van der Waals surface area contributed by atoms with E-state index in [1.165, 1.54) is 11.1 Å². The van der Waals surface area contributed by atoms with E-state index in [-0.39, 0.29) is 11.7 Å². The summed E-state index contributed by atoms with van der Waals surface area (Å²) in [6, 6.07) is 12.0.